The third-order valence-corrected chi connectivity index (χ3v) is 6.76. The molecule has 3 nitrogen and oxygen atoms in total. The second-order valence-electron chi connectivity index (χ2n) is 9.78. The SMILES string of the molecule is CCOc1ccc(N(c2ccccc2)c2ccccc2)cc1.Cc1ccc(N(c2ccccc2)c2ccccc2)cc1. The molecule has 6 rings (SSSR count). The van der Waals surface area contributed by atoms with Crippen LogP contribution in [0.3, 0.4) is 0 Å². The zero-order valence-electron chi connectivity index (χ0n) is 24.2. The predicted molar refractivity (Wildman–Crippen MR) is 178 cm³/mol. The molecule has 0 atom stereocenters. The van der Waals surface area contributed by atoms with Gasteiger partial charge in [-0.05, 0) is 98.8 Å². The summed E-state index contributed by atoms with van der Waals surface area (Å²) in [5, 5.41) is 0. The summed E-state index contributed by atoms with van der Waals surface area (Å²) in [7, 11) is 0. The van der Waals surface area contributed by atoms with Gasteiger partial charge in [0.05, 0.1) is 6.61 Å². The van der Waals surface area contributed by atoms with E-state index in [1.807, 2.05) is 43.3 Å². The lowest BCUT2D eigenvalue weighted by atomic mass is 10.1. The van der Waals surface area contributed by atoms with Crippen molar-refractivity contribution in [2.45, 2.75) is 13.8 Å². The van der Waals surface area contributed by atoms with Gasteiger partial charge >= 0.3 is 0 Å². The maximum Gasteiger partial charge on any atom is 0.119 e. The molecule has 0 aromatic heterocycles. The summed E-state index contributed by atoms with van der Waals surface area (Å²) in [6.07, 6.45) is 0. The molecule has 0 saturated heterocycles. The number of ether oxygens (including phenoxy) is 1. The van der Waals surface area contributed by atoms with Crippen molar-refractivity contribution in [3.05, 3.63) is 175 Å². The maximum atomic E-state index is 5.53. The van der Waals surface area contributed by atoms with Crippen LogP contribution in [0.4, 0.5) is 34.1 Å². The molecule has 6 aromatic carbocycles. The second-order valence-corrected chi connectivity index (χ2v) is 9.78. The van der Waals surface area contributed by atoms with Gasteiger partial charge in [0.2, 0.25) is 0 Å². The van der Waals surface area contributed by atoms with Crippen LogP contribution in [0, 0.1) is 6.92 Å². The summed E-state index contributed by atoms with van der Waals surface area (Å²) in [4.78, 5) is 4.50. The van der Waals surface area contributed by atoms with E-state index >= 15 is 0 Å². The Labute approximate surface area is 249 Å². The molecule has 208 valence electrons. The Bertz CT molecular complexity index is 1520. The van der Waals surface area contributed by atoms with Gasteiger partial charge in [-0.15, -0.1) is 0 Å². The normalized spacial score (nSPS) is 10.2. The maximum absolute atomic E-state index is 5.53. The van der Waals surface area contributed by atoms with E-state index in [0.29, 0.717) is 6.61 Å². The number of rotatable bonds is 8. The van der Waals surface area contributed by atoms with Gasteiger partial charge in [-0.3, -0.25) is 0 Å². The lowest BCUT2D eigenvalue weighted by Crippen LogP contribution is -2.09. The molecule has 0 N–H and O–H groups in total. The quantitative estimate of drug-likeness (QED) is 0.188. The zero-order valence-corrected chi connectivity index (χ0v) is 24.2. The fourth-order valence-corrected chi connectivity index (χ4v) is 4.75. The van der Waals surface area contributed by atoms with Crippen LogP contribution in [0.2, 0.25) is 0 Å². The minimum Gasteiger partial charge on any atom is -0.494 e. The second kappa shape index (κ2) is 14.4. The molecule has 6 aromatic rings. The van der Waals surface area contributed by atoms with E-state index < -0.39 is 0 Å². The largest absolute Gasteiger partial charge is 0.494 e. The Kier molecular flexibility index (Phi) is 9.67. The van der Waals surface area contributed by atoms with Gasteiger partial charge in [-0.2, -0.15) is 0 Å². The molecule has 0 aliphatic carbocycles. The van der Waals surface area contributed by atoms with Gasteiger partial charge in [0.1, 0.15) is 5.75 Å². The molecule has 0 aliphatic heterocycles. The van der Waals surface area contributed by atoms with E-state index in [2.05, 4.69) is 150 Å². The first-order chi connectivity index (χ1) is 20.7. The smallest absolute Gasteiger partial charge is 0.119 e. The van der Waals surface area contributed by atoms with Crippen molar-refractivity contribution in [2.75, 3.05) is 16.4 Å². The molecule has 0 fully saturated rings. The Morgan fingerprint density at radius 1 is 0.381 bits per heavy atom. The minimum absolute atomic E-state index is 0.681. The van der Waals surface area contributed by atoms with Crippen molar-refractivity contribution in [3.63, 3.8) is 0 Å². The van der Waals surface area contributed by atoms with E-state index in [1.54, 1.807) is 0 Å². The first kappa shape index (κ1) is 28.3. The number of anilines is 6. The van der Waals surface area contributed by atoms with Crippen LogP contribution in [0.1, 0.15) is 12.5 Å². The van der Waals surface area contributed by atoms with Crippen LogP contribution in [-0.4, -0.2) is 6.61 Å². The molecule has 0 aliphatic rings. The monoisotopic (exact) mass is 548 g/mol. The van der Waals surface area contributed by atoms with Crippen LogP contribution in [0.5, 0.6) is 5.75 Å². The fraction of sp³-hybridized carbons (Fsp3) is 0.0769. The Balaban J connectivity index is 0.000000169. The lowest BCUT2D eigenvalue weighted by Gasteiger charge is -2.25. The Hall–Kier alpha value is -5.28. The Morgan fingerprint density at radius 3 is 0.976 bits per heavy atom. The van der Waals surface area contributed by atoms with E-state index in [0.717, 1.165) is 22.8 Å². The van der Waals surface area contributed by atoms with E-state index in [9.17, 15) is 0 Å². The van der Waals surface area contributed by atoms with E-state index in [-0.39, 0.29) is 0 Å². The molecule has 0 heterocycles. The highest BCUT2D eigenvalue weighted by atomic mass is 16.5. The number of aryl methyl sites for hydroxylation is 1. The average Bonchev–Trinajstić information content (AvgIpc) is 3.06. The molecule has 3 heteroatoms. The zero-order chi connectivity index (χ0) is 29.0. The number of nitrogens with zero attached hydrogens (tertiary/aromatic N) is 2. The van der Waals surface area contributed by atoms with Gasteiger partial charge in [-0.25, -0.2) is 0 Å². The summed E-state index contributed by atoms with van der Waals surface area (Å²) in [6.45, 7) is 4.79. The minimum atomic E-state index is 0.681. The van der Waals surface area contributed by atoms with Gasteiger partial charge in [0, 0.05) is 34.1 Å². The fourth-order valence-electron chi connectivity index (χ4n) is 4.75. The standard InChI is InChI=1S/C20H19NO.C19H17N/c1-2-22-20-15-13-19(14-16-20)21(17-9-5-3-6-10-17)18-11-7-4-8-12-18;1-16-12-14-19(15-13-16)20(17-8-4-2-5-9-17)18-10-6-3-7-11-18/h3-16H,2H2,1H3;2-15H,1H3. The van der Waals surface area contributed by atoms with Crippen LogP contribution in [0.15, 0.2) is 170 Å². The third kappa shape index (κ3) is 7.26. The lowest BCUT2D eigenvalue weighted by molar-refractivity contribution is 0.340. The first-order valence-electron chi connectivity index (χ1n) is 14.3. The highest BCUT2D eigenvalue weighted by Gasteiger charge is 2.12. The Morgan fingerprint density at radius 2 is 0.667 bits per heavy atom. The van der Waals surface area contributed by atoms with E-state index in [1.165, 1.54) is 22.6 Å². The van der Waals surface area contributed by atoms with Crippen molar-refractivity contribution in [1.29, 1.82) is 0 Å². The van der Waals surface area contributed by atoms with Crippen LogP contribution >= 0.6 is 0 Å². The number of benzene rings is 6. The predicted octanol–water partition coefficient (Wildman–Crippen LogP) is 11.0. The highest BCUT2D eigenvalue weighted by molar-refractivity contribution is 5.77. The molecule has 0 unspecified atom stereocenters. The van der Waals surface area contributed by atoms with Gasteiger partial charge in [-0.1, -0.05) is 90.5 Å². The van der Waals surface area contributed by atoms with Crippen LogP contribution in [0.25, 0.3) is 0 Å². The molecule has 0 saturated carbocycles. The van der Waals surface area contributed by atoms with Crippen LogP contribution < -0.4 is 14.5 Å². The van der Waals surface area contributed by atoms with E-state index in [4.69, 9.17) is 4.74 Å². The molecule has 0 spiro atoms. The summed E-state index contributed by atoms with van der Waals surface area (Å²) >= 11 is 0. The number of hydrogen-bond donors (Lipinski definition) is 0. The highest BCUT2D eigenvalue weighted by Crippen LogP contribution is 2.35. The van der Waals surface area contributed by atoms with Gasteiger partial charge in [0.25, 0.3) is 0 Å². The molecule has 0 radical (unpaired) electrons. The molecular formula is C39H36N2O. The van der Waals surface area contributed by atoms with Crippen molar-refractivity contribution in [3.8, 4) is 5.75 Å². The number of para-hydroxylation sites is 4. The summed E-state index contributed by atoms with van der Waals surface area (Å²) in [5.41, 5.74) is 8.17. The molecule has 0 amide bonds. The number of hydrogen-bond acceptors (Lipinski definition) is 3. The molecule has 42 heavy (non-hydrogen) atoms. The average molecular weight is 549 g/mol. The topological polar surface area (TPSA) is 15.7 Å². The summed E-state index contributed by atoms with van der Waals surface area (Å²) in [6, 6.07) is 58.5. The van der Waals surface area contributed by atoms with Crippen molar-refractivity contribution < 1.29 is 4.74 Å². The van der Waals surface area contributed by atoms with Crippen molar-refractivity contribution in [2.24, 2.45) is 0 Å². The molecular weight excluding hydrogens is 512 g/mol. The third-order valence-electron chi connectivity index (χ3n) is 6.76. The van der Waals surface area contributed by atoms with Gasteiger partial charge in [0.15, 0.2) is 0 Å². The van der Waals surface area contributed by atoms with Gasteiger partial charge < -0.3 is 14.5 Å². The van der Waals surface area contributed by atoms with Crippen molar-refractivity contribution >= 4 is 34.1 Å². The summed E-state index contributed by atoms with van der Waals surface area (Å²) in [5.74, 6) is 0.896. The summed E-state index contributed by atoms with van der Waals surface area (Å²) < 4.78 is 5.53. The molecule has 0 bridgehead atoms. The van der Waals surface area contributed by atoms with Crippen molar-refractivity contribution in [1.82, 2.24) is 0 Å². The van der Waals surface area contributed by atoms with Crippen LogP contribution in [-0.2, 0) is 0 Å². The first-order valence-corrected chi connectivity index (χ1v) is 14.3.